The molecule has 0 bridgehead atoms. The highest BCUT2D eigenvalue weighted by Crippen LogP contribution is 2.29. The van der Waals surface area contributed by atoms with Gasteiger partial charge in [-0.05, 0) is 36.8 Å². The Morgan fingerprint density at radius 1 is 1.17 bits per heavy atom. The molecule has 18 heavy (non-hydrogen) atoms. The molecule has 0 N–H and O–H groups in total. The van der Waals surface area contributed by atoms with E-state index in [4.69, 9.17) is 11.6 Å². The number of benzene rings is 1. The summed E-state index contributed by atoms with van der Waals surface area (Å²) >= 11 is 5.70. The van der Waals surface area contributed by atoms with Crippen molar-refractivity contribution in [3.8, 4) is 0 Å². The van der Waals surface area contributed by atoms with E-state index < -0.39 is 0 Å². The van der Waals surface area contributed by atoms with Gasteiger partial charge >= 0.3 is 0 Å². The van der Waals surface area contributed by atoms with E-state index in [1.807, 2.05) is 0 Å². The number of anilines is 1. The molecule has 1 unspecified atom stereocenters. The second-order valence-corrected chi connectivity index (χ2v) is 5.87. The van der Waals surface area contributed by atoms with Crippen molar-refractivity contribution in [3.63, 3.8) is 0 Å². The molecule has 0 saturated heterocycles. The molecule has 0 amide bonds. The van der Waals surface area contributed by atoms with Crippen molar-refractivity contribution in [2.24, 2.45) is 5.92 Å². The van der Waals surface area contributed by atoms with Crippen molar-refractivity contribution < 1.29 is 0 Å². The van der Waals surface area contributed by atoms with Crippen molar-refractivity contribution in [3.05, 3.63) is 29.8 Å². The monoisotopic (exact) mass is 265 g/mol. The predicted octanol–water partition coefficient (Wildman–Crippen LogP) is 4.48. The molecule has 0 saturated carbocycles. The van der Waals surface area contributed by atoms with E-state index >= 15 is 0 Å². The van der Waals surface area contributed by atoms with Crippen molar-refractivity contribution >= 4 is 17.3 Å². The van der Waals surface area contributed by atoms with Crippen molar-refractivity contribution in [2.45, 2.75) is 39.0 Å². The Labute approximate surface area is 116 Å². The van der Waals surface area contributed by atoms with Crippen LogP contribution in [0.1, 0.15) is 38.2 Å². The second kappa shape index (κ2) is 7.04. The number of alkyl halides is 1. The summed E-state index contributed by atoms with van der Waals surface area (Å²) in [6.07, 6.45) is 6.26. The lowest BCUT2D eigenvalue weighted by atomic mass is 9.93. The summed E-state index contributed by atoms with van der Waals surface area (Å²) in [6, 6.07) is 8.89. The molecule has 1 atom stereocenters. The predicted molar refractivity (Wildman–Crippen MR) is 80.7 cm³/mol. The first-order valence-corrected chi connectivity index (χ1v) is 7.73. The summed E-state index contributed by atoms with van der Waals surface area (Å²) in [5.41, 5.74) is 2.99. The maximum absolute atomic E-state index is 5.70. The molecule has 0 aromatic heterocycles. The van der Waals surface area contributed by atoms with Crippen LogP contribution in [0.4, 0.5) is 5.69 Å². The zero-order valence-corrected chi connectivity index (χ0v) is 12.1. The molecule has 1 aromatic carbocycles. The van der Waals surface area contributed by atoms with Crippen molar-refractivity contribution in [1.29, 1.82) is 0 Å². The fourth-order valence-electron chi connectivity index (χ4n) is 2.87. The van der Waals surface area contributed by atoms with Crippen LogP contribution in [-0.2, 0) is 6.42 Å². The second-order valence-electron chi connectivity index (χ2n) is 5.49. The molecule has 0 radical (unpaired) electrons. The van der Waals surface area contributed by atoms with Gasteiger partial charge < -0.3 is 4.90 Å². The van der Waals surface area contributed by atoms with E-state index in [0.717, 1.165) is 18.2 Å². The van der Waals surface area contributed by atoms with Gasteiger partial charge in [-0.25, -0.2) is 0 Å². The van der Waals surface area contributed by atoms with Crippen LogP contribution in [0.15, 0.2) is 24.3 Å². The molecule has 1 nitrogen and oxygen atoms in total. The molecular formula is C16H24ClN. The molecule has 100 valence electrons. The van der Waals surface area contributed by atoms with Gasteiger partial charge in [0.25, 0.3) is 0 Å². The minimum Gasteiger partial charge on any atom is -0.371 e. The highest BCUT2D eigenvalue weighted by Gasteiger charge is 2.20. The minimum atomic E-state index is 0.780. The summed E-state index contributed by atoms with van der Waals surface area (Å²) in [7, 11) is 0. The Bertz CT molecular complexity index is 364. The molecule has 1 heterocycles. The van der Waals surface area contributed by atoms with Crippen LogP contribution in [0.2, 0.25) is 0 Å². The summed E-state index contributed by atoms with van der Waals surface area (Å²) < 4.78 is 0. The number of para-hydroxylation sites is 1. The number of halogens is 1. The fourth-order valence-corrected chi connectivity index (χ4v) is 3.06. The summed E-state index contributed by atoms with van der Waals surface area (Å²) in [5, 5.41) is 0. The Morgan fingerprint density at radius 2 is 1.94 bits per heavy atom. The van der Waals surface area contributed by atoms with E-state index in [1.54, 1.807) is 0 Å². The summed E-state index contributed by atoms with van der Waals surface area (Å²) in [6.45, 7) is 4.77. The molecule has 1 aliphatic rings. The minimum absolute atomic E-state index is 0.780. The Hall–Kier alpha value is -0.690. The molecule has 1 aromatic rings. The van der Waals surface area contributed by atoms with Crippen LogP contribution in [0.3, 0.4) is 0 Å². The first-order chi connectivity index (χ1) is 8.81. The molecule has 0 fully saturated rings. The third-order valence-electron chi connectivity index (χ3n) is 3.74. The third-order valence-corrected chi connectivity index (χ3v) is 4.01. The average Bonchev–Trinajstić information content (AvgIpc) is 2.38. The van der Waals surface area contributed by atoms with Gasteiger partial charge in [0.2, 0.25) is 0 Å². The normalized spacial score (nSPS) is 18.8. The largest absolute Gasteiger partial charge is 0.371 e. The maximum Gasteiger partial charge on any atom is 0.0398 e. The topological polar surface area (TPSA) is 3.24 Å². The number of hydrogen-bond acceptors (Lipinski definition) is 1. The van der Waals surface area contributed by atoms with Crippen LogP contribution >= 0.6 is 11.6 Å². The van der Waals surface area contributed by atoms with Gasteiger partial charge in [0, 0.05) is 24.7 Å². The Morgan fingerprint density at radius 3 is 2.78 bits per heavy atom. The van der Waals surface area contributed by atoms with Crippen LogP contribution in [0.25, 0.3) is 0 Å². The Kier molecular flexibility index (Phi) is 5.37. The van der Waals surface area contributed by atoms with Crippen LogP contribution < -0.4 is 4.90 Å². The van der Waals surface area contributed by atoms with Crippen molar-refractivity contribution in [2.75, 3.05) is 23.9 Å². The van der Waals surface area contributed by atoms with E-state index in [1.165, 1.54) is 50.0 Å². The molecule has 2 rings (SSSR count). The van der Waals surface area contributed by atoms with Crippen LogP contribution in [0, 0.1) is 5.92 Å². The van der Waals surface area contributed by atoms with Gasteiger partial charge in [0.05, 0.1) is 0 Å². The Balaban J connectivity index is 1.88. The van der Waals surface area contributed by atoms with Crippen LogP contribution in [-0.4, -0.2) is 19.0 Å². The molecular weight excluding hydrogens is 242 g/mol. The van der Waals surface area contributed by atoms with E-state index in [2.05, 4.69) is 36.1 Å². The summed E-state index contributed by atoms with van der Waals surface area (Å²) in [4.78, 5) is 2.57. The molecule has 0 aliphatic carbocycles. The maximum atomic E-state index is 5.70. The van der Waals surface area contributed by atoms with Crippen molar-refractivity contribution in [1.82, 2.24) is 0 Å². The van der Waals surface area contributed by atoms with Crippen LogP contribution in [0.5, 0.6) is 0 Å². The van der Waals surface area contributed by atoms with Gasteiger partial charge in [-0.1, -0.05) is 38.0 Å². The molecule has 0 spiro atoms. The zero-order valence-electron chi connectivity index (χ0n) is 11.4. The number of unbranched alkanes of at least 4 members (excludes halogenated alkanes) is 3. The van der Waals surface area contributed by atoms with Gasteiger partial charge in [0.1, 0.15) is 0 Å². The number of nitrogens with zero attached hydrogens (tertiary/aromatic N) is 1. The van der Waals surface area contributed by atoms with E-state index in [0.29, 0.717) is 0 Å². The quantitative estimate of drug-likeness (QED) is 0.541. The SMILES string of the molecule is CC1Cc2ccccc2N(CCCCCCCl)C1. The smallest absolute Gasteiger partial charge is 0.0398 e. The first-order valence-electron chi connectivity index (χ1n) is 7.20. The summed E-state index contributed by atoms with van der Waals surface area (Å²) in [5.74, 6) is 1.59. The lowest BCUT2D eigenvalue weighted by Crippen LogP contribution is -2.34. The standard InChI is InChI=1S/C16H24ClN/c1-14-12-15-8-4-5-9-16(15)18(13-14)11-7-3-2-6-10-17/h4-5,8-9,14H,2-3,6-7,10-13H2,1H3. The highest BCUT2D eigenvalue weighted by molar-refractivity contribution is 6.17. The van der Waals surface area contributed by atoms with Gasteiger partial charge in [-0.3, -0.25) is 0 Å². The first kappa shape index (κ1) is 13.7. The van der Waals surface area contributed by atoms with Gasteiger partial charge in [0.15, 0.2) is 0 Å². The number of rotatable bonds is 6. The number of fused-ring (bicyclic) bond motifs is 1. The van der Waals surface area contributed by atoms with E-state index in [-0.39, 0.29) is 0 Å². The highest BCUT2D eigenvalue weighted by atomic mass is 35.5. The fraction of sp³-hybridized carbons (Fsp3) is 0.625. The molecule has 2 heteroatoms. The molecule has 1 aliphatic heterocycles. The lowest BCUT2D eigenvalue weighted by Gasteiger charge is -2.35. The van der Waals surface area contributed by atoms with Gasteiger partial charge in [-0.15, -0.1) is 11.6 Å². The number of hydrogen-bond donors (Lipinski definition) is 0. The van der Waals surface area contributed by atoms with E-state index in [9.17, 15) is 0 Å². The average molecular weight is 266 g/mol. The lowest BCUT2D eigenvalue weighted by molar-refractivity contribution is 0.519. The third kappa shape index (κ3) is 3.65. The van der Waals surface area contributed by atoms with Gasteiger partial charge in [-0.2, -0.15) is 0 Å². The zero-order chi connectivity index (χ0) is 12.8.